The third-order valence-corrected chi connectivity index (χ3v) is 4.28. The quantitative estimate of drug-likeness (QED) is 0.578. The average molecular weight is 186 g/mol. The zero-order valence-electron chi connectivity index (χ0n) is 4.57. The van der Waals surface area contributed by atoms with Crippen molar-refractivity contribution in [2.75, 3.05) is 0 Å². The molecular formula is C5H11In. The fourth-order valence-corrected chi connectivity index (χ4v) is 2.24. The molecule has 0 aliphatic rings. The van der Waals surface area contributed by atoms with Crippen molar-refractivity contribution in [2.45, 2.75) is 13.5 Å². The summed E-state index contributed by atoms with van der Waals surface area (Å²) in [6, 6.07) is 0. The van der Waals surface area contributed by atoms with Crippen molar-refractivity contribution >= 4 is 21.4 Å². The SMILES string of the molecule is C=C[CH2][In]([CH3])[CH3]. The van der Waals surface area contributed by atoms with Crippen LogP contribution in [0.2, 0.25) is 13.5 Å². The van der Waals surface area contributed by atoms with Crippen molar-refractivity contribution in [3.05, 3.63) is 12.7 Å². The van der Waals surface area contributed by atoms with E-state index in [0.29, 0.717) is 0 Å². The van der Waals surface area contributed by atoms with Crippen molar-refractivity contribution in [1.82, 2.24) is 0 Å². The van der Waals surface area contributed by atoms with Gasteiger partial charge in [-0.1, -0.05) is 0 Å². The minimum atomic E-state index is -0.836. The Morgan fingerprint density at radius 2 is 2.17 bits per heavy atom. The standard InChI is InChI=1S/C3H5.2CH3.In/c1-3-2;;;/h3H,1-2H2;2*1H3;. The van der Waals surface area contributed by atoms with Gasteiger partial charge in [-0.05, 0) is 0 Å². The van der Waals surface area contributed by atoms with Crippen LogP contribution in [0.5, 0.6) is 0 Å². The van der Waals surface area contributed by atoms with Gasteiger partial charge in [-0.2, -0.15) is 0 Å². The summed E-state index contributed by atoms with van der Waals surface area (Å²) in [5.41, 5.74) is 0. The molecule has 6 heavy (non-hydrogen) atoms. The molecule has 0 unspecified atom stereocenters. The Morgan fingerprint density at radius 3 is 2.17 bits per heavy atom. The summed E-state index contributed by atoms with van der Waals surface area (Å²) in [6.07, 6.45) is 2.04. The Labute approximate surface area is 47.8 Å². The summed E-state index contributed by atoms with van der Waals surface area (Å²) in [6.45, 7) is 3.65. The number of hydrogen-bond donors (Lipinski definition) is 0. The van der Waals surface area contributed by atoms with Crippen LogP contribution in [0.25, 0.3) is 0 Å². The number of allylic oxidation sites excluding steroid dienone is 1. The van der Waals surface area contributed by atoms with Gasteiger partial charge in [0.05, 0.1) is 0 Å². The Hall–Kier alpha value is 0.610. The molecule has 0 saturated carbocycles. The first kappa shape index (κ1) is 6.61. The number of hydrogen-bond acceptors (Lipinski definition) is 0. The van der Waals surface area contributed by atoms with Crippen LogP contribution in [0.1, 0.15) is 0 Å². The van der Waals surface area contributed by atoms with E-state index in [1.54, 1.807) is 0 Å². The second-order valence-corrected chi connectivity index (χ2v) is 11.2. The van der Waals surface area contributed by atoms with E-state index in [2.05, 4.69) is 15.9 Å². The monoisotopic (exact) mass is 186 g/mol. The summed E-state index contributed by atoms with van der Waals surface area (Å²) in [7, 11) is 0. The van der Waals surface area contributed by atoms with Crippen LogP contribution in [0, 0.1) is 0 Å². The second kappa shape index (κ2) is 3.79. The van der Waals surface area contributed by atoms with E-state index in [4.69, 9.17) is 0 Å². The topological polar surface area (TPSA) is 0 Å². The van der Waals surface area contributed by atoms with Crippen molar-refractivity contribution in [3.63, 3.8) is 0 Å². The molecule has 0 spiro atoms. The molecule has 34 valence electrons. The summed E-state index contributed by atoms with van der Waals surface area (Å²) in [5.74, 6) is 0. The van der Waals surface area contributed by atoms with Crippen LogP contribution in [0.4, 0.5) is 0 Å². The molecule has 0 N–H and O–H groups in total. The molecule has 0 saturated heterocycles. The Morgan fingerprint density at radius 1 is 1.67 bits per heavy atom. The Bertz CT molecular complexity index is 39.2. The van der Waals surface area contributed by atoms with Crippen molar-refractivity contribution in [3.8, 4) is 0 Å². The molecule has 0 amide bonds. The van der Waals surface area contributed by atoms with Crippen LogP contribution >= 0.6 is 0 Å². The van der Waals surface area contributed by atoms with E-state index in [-0.39, 0.29) is 0 Å². The van der Waals surface area contributed by atoms with Gasteiger partial charge in [-0.15, -0.1) is 0 Å². The molecule has 0 aromatic carbocycles. The zero-order valence-corrected chi connectivity index (χ0v) is 7.86. The van der Waals surface area contributed by atoms with Crippen molar-refractivity contribution in [1.29, 1.82) is 0 Å². The molecule has 0 rings (SSSR count). The van der Waals surface area contributed by atoms with E-state index in [1.807, 2.05) is 6.08 Å². The molecular weight excluding hydrogens is 175 g/mol. The maximum absolute atomic E-state index is 3.65. The van der Waals surface area contributed by atoms with Gasteiger partial charge in [0, 0.05) is 0 Å². The number of rotatable bonds is 2. The first-order valence-electron chi connectivity index (χ1n) is 2.38. The first-order valence-corrected chi connectivity index (χ1v) is 11.3. The molecule has 0 aliphatic heterocycles. The van der Waals surface area contributed by atoms with E-state index < -0.39 is 21.4 Å². The molecule has 0 aliphatic carbocycles. The van der Waals surface area contributed by atoms with E-state index in [9.17, 15) is 0 Å². The fourth-order valence-electron chi connectivity index (χ4n) is 0.333. The van der Waals surface area contributed by atoms with Crippen LogP contribution < -0.4 is 0 Å². The average Bonchev–Trinajstić information content (AvgIpc) is 1.35. The van der Waals surface area contributed by atoms with Crippen molar-refractivity contribution in [2.24, 2.45) is 0 Å². The maximum atomic E-state index is 3.65. The molecule has 0 nitrogen and oxygen atoms in total. The Kier molecular flexibility index (Phi) is 4.17. The summed E-state index contributed by atoms with van der Waals surface area (Å²) in [4.78, 5) is 0. The van der Waals surface area contributed by atoms with Gasteiger partial charge in [0.1, 0.15) is 0 Å². The van der Waals surface area contributed by atoms with Gasteiger partial charge in [0.25, 0.3) is 0 Å². The Balaban J connectivity index is 2.81. The van der Waals surface area contributed by atoms with Gasteiger partial charge in [0.2, 0.25) is 0 Å². The molecule has 0 bridgehead atoms. The normalized spacial score (nSPS) is 7.67. The summed E-state index contributed by atoms with van der Waals surface area (Å²) in [5, 5.41) is 0. The van der Waals surface area contributed by atoms with E-state index in [0.717, 1.165) is 0 Å². The van der Waals surface area contributed by atoms with Crippen molar-refractivity contribution < 1.29 is 0 Å². The van der Waals surface area contributed by atoms with Crippen LogP contribution in [-0.4, -0.2) is 21.4 Å². The van der Waals surface area contributed by atoms with Gasteiger partial charge >= 0.3 is 47.6 Å². The minimum absolute atomic E-state index is 0.836. The molecule has 0 atom stereocenters. The van der Waals surface area contributed by atoms with Crippen LogP contribution in [-0.2, 0) is 0 Å². The third-order valence-electron chi connectivity index (χ3n) is 0.638. The molecule has 0 aromatic rings. The molecule has 0 fully saturated rings. The molecule has 0 heterocycles. The third kappa shape index (κ3) is 4.61. The summed E-state index contributed by atoms with van der Waals surface area (Å²) >= 11 is -0.836. The van der Waals surface area contributed by atoms with Gasteiger partial charge in [-0.25, -0.2) is 0 Å². The fraction of sp³-hybridized carbons (Fsp3) is 0.600. The molecule has 0 radical (unpaired) electrons. The van der Waals surface area contributed by atoms with Gasteiger partial charge < -0.3 is 0 Å². The van der Waals surface area contributed by atoms with E-state index >= 15 is 0 Å². The first-order chi connectivity index (χ1) is 2.77. The van der Waals surface area contributed by atoms with E-state index in [1.165, 1.54) is 4.18 Å². The molecule has 0 aromatic heterocycles. The zero-order chi connectivity index (χ0) is 4.99. The molecule has 1 heteroatoms. The summed E-state index contributed by atoms with van der Waals surface area (Å²) < 4.78 is 6.13. The van der Waals surface area contributed by atoms with Gasteiger partial charge in [-0.3, -0.25) is 0 Å². The predicted octanol–water partition coefficient (Wildman–Crippen LogP) is 1.93. The van der Waals surface area contributed by atoms with Gasteiger partial charge in [0.15, 0.2) is 0 Å². The second-order valence-electron chi connectivity index (χ2n) is 1.92. The van der Waals surface area contributed by atoms with Crippen LogP contribution in [0.3, 0.4) is 0 Å². The predicted molar refractivity (Wildman–Crippen MR) is 32.5 cm³/mol. The van der Waals surface area contributed by atoms with Crippen LogP contribution in [0.15, 0.2) is 12.7 Å².